The fourth-order valence-corrected chi connectivity index (χ4v) is 3.71. The maximum absolute atomic E-state index is 14.6. The number of hydrogen-bond acceptors (Lipinski definition) is 4. The van der Waals surface area contributed by atoms with Gasteiger partial charge in [-0.1, -0.05) is 17.7 Å². The first-order valence-electron chi connectivity index (χ1n) is 7.72. The number of Topliss-reactive ketones (excluding diaryl/α,β-unsaturated/α-hetero) is 1. The lowest BCUT2D eigenvalue weighted by molar-refractivity contribution is -0.136. The molecule has 0 bridgehead atoms. The molecule has 0 fully saturated rings. The average Bonchev–Trinajstić information content (AvgIpc) is 2.53. The first-order valence-corrected chi connectivity index (χ1v) is 8.09. The minimum Gasteiger partial charge on any atom is -0.466 e. The van der Waals surface area contributed by atoms with Crippen molar-refractivity contribution in [3.05, 3.63) is 57.1 Å². The molecular formula is C18H17ClFNO3. The maximum Gasteiger partial charge on any atom is 0.336 e. The van der Waals surface area contributed by atoms with Gasteiger partial charge in [0.25, 0.3) is 0 Å². The van der Waals surface area contributed by atoms with Crippen LogP contribution in [0.15, 0.2) is 40.7 Å². The van der Waals surface area contributed by atoms with E-state index in [9.17, 15) is 14.0 Å². The van der Waals surface area contributed by atoms with Crippen LogP contribution in [0.4, 0.5) is 4.39 Å². The van der Waals surface area contributed by atoms with Crippen LogP contribution in [-0.4, -0.2) is 18.9 Å². The molecule has 1 aromatic carbocycles. The van der Waals surface area contributed by atoms with E-state index in [1.165, 1.54) is 19.2 Å². The Morgan fingerprint density at radius 3 is 2.79 bits per heavy atom. The van der Waals surface area contributed by atoms with Gasteiger partial charge >= 0.3 is 5.97 Å². The molecule has 24 heavy (non-hydrogen) atoms. The quantitative estimate of drug-likeness (QED) is 0.828. The molecule has 6 heteroatoms. The number of halogens is 2. The van der Waals surface area contributed by atoms with E-state index >= 15 is 0 Å². The van der Waals surface area contributed by atoms with Crippen LogP contribution in [0.3, 0.4) is 0 Å². The third-order valence-corrected chi connectivity index (χ3v) is 4.80. The number of dihydropyridines is 1. The molecule has 1 aromatic rings. The van der Waals surface area contributed by atoms with Gasteiger partial charge in [0.15, 0.2) is 5.78 Å². The second-order valence-corrected chi connectivity index (χ2v) is 6.30. The normalized spacial score (nSPS) is 20.7. The minimum atomic E-state index is -0.852. The second-order valence-electron chi connectivity index (χ2n) is 5.89. The van der Waals surface area contributed by atoms with Crippen LogP contribution in [-0.2, 0) is 14.3 Å². The summed E-state index contributed by atoms with van der Waals surface area (Å²) in [5.41, 5.74) is 2.07. The topological polar surface area (TPSA) is 55.4 Å². The summed E-state index contributed by atoms with van der Waals surface area (Å²) in [4.78, 5) is 24.9. The highest BCUT2D eigenvalue weighted by atomic mass is 35.5. The number of nitrogens with one attached hydrogen (secondary N) is 1. The van der Waals surface area contributed by atoms with Crippen LogP contribution < -0.4 is 5.32 Å². The van der Waals surface area contributed by atoms with Gasteiger partial charge in [0.2, 0.25) is 0 Å². The Morgan fingerprint density at radius 2 is 2.12 bits per heavy atom. The van der Waals surface area contributed by atoms with Crippen molar-refractivity contribution in [1.29, 1.82) is 0 Å². The second kappa shape index (κ2) is 6.40. The van der Waals surface area contributed by atoms with E-state index in [4.69, 9.17) is 16.3 Å². The zero-order valence-electron chi connectivity index (χ0n) is 13.4. The summed E-state index contributed by atoms with van der Waals surface area (Å²) in [6, 6.07) is 4.33. The molecule has 1 aliphatic heterocycles. The van der Waals surface area contributed by atoms with Crippen molar-refractivity contribution >= 4 is 23.4 Å². The standard InChI is InChI=1S/C18H17ClFNO3/c1-9-14(18(23)24-2)17(15-10(19)5-3-6-11(15)20)16-12(21-9)7-4-8-13(16)22/h3,5-6,17,21H,4,7-8H2,1-2H3. The van der Waals surface area contributed by atoms with Crippen molar-refractivity contribution < 1.29 is 18.7 Å². The molecule has 2 aliphatic rings. The van der Waals surface area contributed by atoms with Crippen molar-refractivity contribution in [3.63, 3.8) is 0 Å². The number of esters is 1. The van der Waals surface area contributed by atoms with Crippen molar-refractivity contribution in [2.75, 3.05) is 7.11 Å². The van der Waals surface area contributed by atoms with Crippen LogP contribution in [0.1, 0.15) is 37.7 Å². The molecule has 1 unspecified atom stereocenters. The lowest BCUT2D eigenvalue weighted by Gasteiger charge is -2.34. The van der Waals surface area contributed by atoms with Crippen LogP contribution in [0.2, 0.25) is 5.02 Å². The van der Waals surface area contributed by atoms with Gasteiger partial charge in [0.05, 0.1) is 18.6 Å². The third-order valence-electron chi connectivity index (χ3n) is 4.47. The molecule has 0 saturated carbocycles. The van der Waals surface area contributed by atoms with Gasteiger partial charge in [-0.05, 0) is 31.9 Å². The molecule has 0 aromatic heterocycles. The molecule has 4 nitrogen and oxygen atoms in total. The van der Waals surface area contributed by atoms with Gasteiger partial charge in [-0.2, -0.15) is 0 Å². The lowest BCUT2D eigenvalue weighted by Crippen LogP contribution is -2.34. The summed E-state index contributed by atoms with van der Waals surface area (Å²) >= 11 is 6.23. The van der Waals surface area contributed by atoms with Crippen LogP contribution >= 0.6 is 11.6 Å². The molecule has 0 amide bonds. The predicted molar refractivity (Wildman–Crippen MR) is 87.9 cm³/mol. The smallest absolute Gasteiger partial charge is 0.336 e. The Kier molecular flexibility index (Phi) is 4.45. The monoisotopic (exact) mass is 349 g/mol. The van der Waals surface area contributed by atoms with Gasteiger partial charge in [0, 0.05) is 34.0 Å². The number of hydrogen-bond donors (Lipinski definition) is 1. The summed E-state index contributed by atoms with van der Waals surface area (Å²) in [6.45, 7) is 1.72. The van der Waals surface area contributed by atoms with Crippen LogP contribution in [0, 0.1) is 5.82 Å². The molecule has 0 saturated heterocycles. The Balaban J connectivity index is 2.28. The average molecular weight is 350 g/mol. The van der Waals surface area contributed by atoms with E-state index in [1.54, 1.807) is 13.0 Å². The highest BCUT2D eigenvalue weighted by Gasteiger charge is 2.40. The van der Waals surface area contributed by atoms with Crippen molar-refractivity contribution in [1.82, 2.24) is 5.32 Å². The molecule has 0 spiro atoms. The molecule has 0 radical (unpaired) electrons. The van der Waals surface area contributed by atoms with Crippen molar-refractivity contribution in [2.24, 2.45) is 0 Å². The van der Waals surface area contributed by atoms with E-state index < -0.39 is 17.7 Å². The largest absolute Gasteiger partial charge is 0.466 e. The van der Waals surface area contributed by atoms with Gasteiger partial charge in [0.1, 0.15) is 5.82 Å². The number of carbonyl (C=O) groups excluding carboxylic acids is 2. The zero-order valence-corrected chi connectivity index (χ0v) is 14.2. The Labute approximate surface area is 144 Å². The molecule has 1 heterocycles. The predicted octanol–water partition coefficient (Wildman–Crippen LogP) is 3.62. The zero-order chi connectivity index (χ0) is 17.4. The fraction of sp³-hybridized carbons (Fsp3) is 0.333. The number of allylic oxidation sites excluding steroid dienone is 3. The van der Waals surface area contributed by atoms with Gasteiger partial charge in [-0.15, -0.1) is 0 Å². The van der Waals surface area contributed by atoms with E-state index in [-0.39, 0.29) is 21.9 Å². The number of carbonyl (C=O) groups is 2. The molecule has 1 aliphatic carbocycles. The fourth-order valence-electron chi connectivity index (χ4n) is 3.44. The molecule has 126 valence electrons. The highest BCUT2D eigenvalue weighted by molar-refractivity contribution is 6.31. The first kappa shape index (κ1) is 16.7. The van der Waals surface area contributed by atoms with E-state index in [2.05, 4.69) is 5.32 Å². The van der Waals surface area contributed by atoms with Crippen molar-refractivity contribution in [2.45, 2.75) is 32.1 Å². The SMILES string of the molecule is COC(=O)C1=C(C)NC2=C(C(=O)CCC2)C1c1c(F)cccc1Cl. The molecular weight excluding hydrogens is 333 g/mol. The molecule has 1 atom stereocenters. The summed E-state index contributed by atoms with van der Waals surface area (Å²) < 4.78 is 19.4. The minimum absolute atomic E-state index is 0.0954. The summed E-state index contributed by atoms with van der Waals surface area (Å²) in [5, 5.41) is 3.31. The maximum atomic E-state index is 14.6. The Morgan fingerprint density at radius 1 is 1.38 bits per heavy atom. The van der Waals surface area contributed by atoms with Gasteiger partial charge in [-0.25, -0.2) is 9.18 Å². The Bertz CT molecular complexity index is 777. The lowest BCUT2D eigenvalue weighted by atomic mass is 9.75. The third kappa shape index (κ3) is 2.63. The number of rotatable bonds is 2. The summed E-state index contributed by atoms with van der Waals surface area (Å²) in [7, 11) is 1.26. The molecule has 1 N–H and O–H groups in total. The number of benzene rings is 1. The van der Waals surface area contributed by atoms with E-state index in [0.717, 1.165) is 12.1 Å². The number of ether oxygens (including phenoxy) is 1. The summed E-state index contributed by atoms with van der Waals surface area (Å²) in [6.07, 6.45) is 1.77. The van der Waals surface area contributed by atoms with Gasteiger partial charge in [-0.3, -0.25) is 4.79 Å². The van der Waals surface area contributed by atoms with Crippen molar-refractivity contribution in [3.8, 4) is 0 Å². The van der Waals surface area contributed by atoms with E-state index in [0.29, 0.717) is 24.1 Å². The molecule has 3 rings (SSSR count). The van der Waals surface area contributed by atoms with Crippen LogP contribution in [0.25, 0.3) is 0 Å². The number of ketones is 1. The van der Waals surface area contributed by atoms with Gasteiger partial charge < -0.3 is 10.1 Å². The Hall–Kier alpha value is -2.14. The van der Waals surface area contributed by atoms with Crippen LogP contribution in [0.5, 0.6) is 0 Å². The number of methoxy groups -OCH3 is 1. The summed E-state index contributed by atoms with van der Waals surface area (Å²) in [5.74, 6) is -2.10. The first-order chi connectivity index (χ1) is 11.5. The van der Waals surface area contributed by atoms with E-state index in [1.807, 2.05) is 0 Å². The highest BCUT2D eigenvalue weighted by Crippen LogP contribution is 2.45.